The first-order valence-corrected chi connectivity index (χ1v) is 13.5. The number of rotatable bonds is 7. The molecule has 0 saturated carbocycles. The van der Waals surface area contributed by atoms with Gasteiger partial charge >= 0.3 is 5.97 Å². The summed E-state index contributed by atoms with van der Waals surface area (Å²) in [4.78, 5) is 33.2. The second kappa shape index (κ2) is 9.61. The fraction of sp³-hybridized carbons (Fsp3) is 0.375. The highest BCUT2D eigenvalue weighted by Crippen LogP contribution is 2.28. The van der Waals surface area contributed by atoms with Gasteiger partial charge < -0.3 is 9.64 Å². The third-order valence-corrected chi connectivity index (χ3v) is 8.21. The Kier molecular flexibility index (Phi) is 6.81. The molecule has 7 nitrogen and oxygen atoms in total. The Morgan fingerprint density at radius 1 is 1.21 bits per heavy atom. The van der Waals surface area contributed by atoms with Crippen LogP contribution < -0.4 is 0 Å². The van der Waals surface area contributed by atoms with Crippen LogP contribution in [-0.4, -0.2) is 60.9 Å². The van der Waals surface area contributed by atoms with E-state index in [0.29, 0.717) is 35.1 Å². The Bertz CT molecular complexity index is 1270. The topological polar surface area (TPSA) is 93.6 Å². The van der Waals surface area contributed by atoms with Crippen molar-refractivity contribution in [3.63, 3.8) is 0 Å². The van der Waals surface area contributed by atoms with Crippen molar-refractivity contribution in [3.8, 4) is 10.6 Å². The number of benzene rings is 1. The second-order valence-corrected chi connectivity index (χ2v) is 11.8. The molecule has 1 amide bonds. The maximum Gasteiger partial charge on any atom is 0.339 e. The number of fused-ring (bicyclic) bond motifs is 1. The molecule has 4 rings (SSSR count). The van der Waals surface area contributed by atoms with Gasteiger partial charge in [0.2, 0.25) is 0 Å². The van der Waals surface area contributed by atoms with Gasteiger partial charge in [-0.3, -0.25) is 4.79 Å². The molecule has 2 aromatic heterocycles. The lowest BCUT2D eigenvalue weighted by Crippen LogP contribution is -2.45. The lowest BCUT2D eigenvalue weighted by atomic mass is 10.1. The Morgan fingerprint density at radius 2 is 2.00 bits per heavy atom. The van der Waals surface area contributed by atoms with E-state index in [4.69, 9.17) is 4.74 Å². The highest BCUT2D eigenvalue weighted by molar-refractivity contribution is 7.91. The van der Waals surface area contributed by atoms with Crippen molar-refractivity contribution in [2.75, 3.05) is 24.7 Å². The lowest BCUT2D eigenvalue weighted by Gasteiger charge is -2.29. The van der Waals surface area contributed by atoms with Gasteiger partial charge in [-0.15, -0.1) is 11.3 Å². The van der Waals surface area contributed by atoms with Crippen LogP contribution in [0.5, 0.6) is 0 Å². The Hall–Kier alpha value is -2.78. The summed E-state index contributed by atoms with van der Waals surface area (Å²) in [5.74, 6) is -0.795. The fourth-order valence-electron chi connectivity index (χ4n) is 4.05. The van der Waals surface area contributed by atoms with Gasteiger partial charge in [0.1, 0.15) is 0 Å². The molecule has 9 heteroatoms. The summed E-state index contributed by atoms with van der Waals surface area (Å²) in [6, 6.07) is 12.5. The van der Waals surface area contributed by atoms with Crippen molar-refractivity contribution in [1.29, 1.82) is 0 Å². The maximum atomic E-state index is 13.0. The van der Waals surface area contributed by atoms with E-state index >= 15 is 0 Å². The van der Waals surface area contributed by atoms with Crippen LogP contribution in [0.15, 0.2) is 47.8 Å². The van der Waals surface area contributed by atoms with E-state index in [0.717, 1.165) is 4.88 Å². The number of carbonyl (C=O) groups excluding carboxylic acids is 2. The zero-order valence-corrected chi connectivity index (χ0v) is 20.2. The van der Waals surface area contributed by atoms with E-state index in [2.05, 4.69) is 4.98 Å². The summed E-state index contributed by atoms with van der Waals surface area (Å²) in [5.41, 5.74) is 1.68. The minimum Gasteiger partial charge on any atom is -0.452 e. The number of aromatic nitrogens is 1. The van der Waals surface area contributed by atoms with E-state index in [1.54, 1.807) is 17.0 Å². The number of carbonyl (C=O) groups is 2. The number of esters is 1. The lowest BCUT2D eigenvalue weighted by molar-refractivity contribution is -0.137. The predicted molar refractivity (Wildman–Crippen MR) is 129 cm³/mol. The molecular weight excluding hydrogens is 460 g/mol. The molecule has 0 N–H and O–H groups in total. The van der Waals surface area contributed by atoms with Crippen molar-refractivity contribution >= 4 is 44.0 Å². The number of pyridine rings is 1. The molecule has 3 heterocycles. The monoisotopic (exact) mass is 486 g/mol. The molecule has 33 heavy (non-hydrogen) atoms. The minimum atomic E-state index is -3.14. The van der Waals surface area contributed by atoms with E-state index in [9.17, 15) is 18.0 Å². The summed E-state index contributed by atoms with van der Waals surface area (Å²) in [6.45, 7) is 3.90. The van der Waals surface area contributed by atoms with E-state index in [1.165, 1.54) is 11.3 Å². The van der Waals surface area contributed by atoms with Crippen molar-refractivity contribution < 1.29 is 22.7 Å². The smallest absolute Gasteiger partial charge is 0.339 e. The minimum absolute atomic E-state index is 0.0431. The third kappa shape index (κ3) is 5.42. The molecular formula is C24H26N2O5S2. The van der Waals surface area contributed by atoms with Crippen LogP contribution in [0.25, 0.3) is 21.5 Å². The van der Waals surface area contributed by atoms with Crippen molar-refractivity contribution in [1.82, 2.24) is 9.88 Å². The van der Waals surface area contributed by atoms with Crippen LogP contribution in [0.2, 0.25) is 0 Å². The summed E-state index contributed by atoms with van der Waals surface area (Å²) in [7, 11) is -3.14. The van der Waals surface area contributed by atoms with Crippen LogP contribution in [0.4, 0.5) is 0 Å². The molecule has 1 aliphatic heterocycles. The number of ether oxygens (including phenoxy) is 1. The number of sulfone groups is 1. The summed E-state index contributed by atoms with van der Waals surface area (Å²) in [6.07, 6.45) is 0.411. The summed E-state index contributed by atoms with van der Waals surface area (Å²) >= 11 is 1.52. The van der Waals surface area contributed by atoms with Crippen molar-refractivity contribution in [2.45, 2.75) is 26.3 Å². The molecule has 1 aromatic carbocycles. The SMILES string of the molecule is CC(C)CN(C(=O)COC(=O)c1cc(-c2cccs2)nc2ccccc12)C1CCS(=O)(=O)C1. The van der Waals surface area contributed by atoms with Crippen molar-refractivity contribution in [3.05, 3.63) is 53.4 Å². The van der Waals surface area contributed by atoms with Crippen LogP contribution in [-0.2, 0) is 19.4 Å². The van der Waals surface area contributed by atoms with E-state index in [1.807, 2.05) is 49.6 Å². The first kappa shape index (κ1) is 23.4. The molecule has 0 radical (unpaired) electrons. The van der Waals surface area contributed by atoms with Gasteiger partial charge in [-0.2, -0.15) is 0 Å². The number of amides is 1. The molecule has 1 fully saturated rings. The normalized spacial score (nSPS) is 17.4. The van der Waals surface area contributed by atoms with Gasteiger partial charge in [0, 0.05) is 18.0 Å². The highest BCUT2D eigenvalue weighted by atomic mass is 32.2. The molecule has 0 spiro atoms. The van der Waals surface area contributed by atoms with Gasteiger partial charge in [-0.25, -0.2) is 18.2 Å². The number of thiophene rings is 1. The average Bonchev–Trinajstić information content (AvgIpc) is 3.44. The van der Waals surface area contributed by atoms with Crippen molar-refractivity contribution in [2.24, 2.45) is 5.92 Å². The number of hydrogen-bond acceptors (Lipinski definition) is 7. The summed E-state index contributed by atoms with van der Waals surface area (Å²) in [5, 5.41) is 2.59. The Labute approximate surface area is 197 Å². The Balaban J connectivity index is 1.55. The van der Waals surface area contributed by atoms with Gasteiger partial charge in [0.25, 0.3) is 5.91 Å². The second-order valence-electron chi connectivity index (χ2n) is 8.62. The van der Waals surface area contributed by atoms with Crippen LogP contribution in [0, 0.1) is 5.92 Å². The molecule has 1 aliphatic rings. The molecule has 1 saturated heterocycles. The first-order chi connectivity index (χ1) is 15.7. The molecule has 1 unspecified atom stereocenters. The van der Waals surface area contributed by atoms with Crippen LogP contribution >= 0.6 is 11.3 Å². The molecule has 174 valence electrons. The highest BCUT2D eigenvalue weighted by Gasteiger charge is 2.35. The molecule has 0 bridgehead atoms. The number of para-hydroxylation sites is 1. The maximum absolute atomic E-state index is 13.0. The average molecular weight is 487 g/mol. The summed E-state index contributed by atoms with van der Waals surface area (Å²) < 4.78 is 29.3. The van der Waals surface area contributed by atoms with Gasteiger partial charge in [0.15, 0.2) is 16.4 Å². The molecule has 1 atom stereocenters. The van der Waals surface area contributed by atoms with E-state index in [-0.39, 0.29) is 29.4 Å². The Morgan fingerprint density at radius 3 is 2.67 bits per heavy atom. The molecule has 3 aromatic rings. The quantitative estimate of drug-likeness (QED) is 0.472. The number of hydrogen-bond donors (Lipinski definition) is 0. The predicted octanol–water partition coefficient (Wildman–Crippen LogP) is 3.79. The van der Waals surface area contributed by atoms with Gasteiger partial charge in [0.05, 0.1) is 33.2 Å². The van der Waals surface area contributed by atoms with Gasteiger partial charge in [-0.1, -0.05) is 38.1 Å². The zero-order chi connectivity index (χ0) is 23.6. The van der Waals surface area contributed by atoms with Gasteiger partial charge in [-0.05, 0) is 35.9 Å². The molecule has 0 aliphatic carbocycles. The zero-order valence-electron chi connectivity index (χ0n) is 18.6. The van der Waals surface area contributed by atoms with E-state index < -0.39 is 22.4 Å². The standard InChI is InChI=1S/C24H26N2O5S2/c1-16(2)13-26(17-9-11-33(29,30)15-17)23(27)14-31-24(28)19-12-21(22-8-5-10-32-22)25-20-7-4-3-6-18(19)20/h3-8,10,12,16-17H,9,11,13-15H2,1-2H3. The largest absolute Gasteiger partial charge is 0.452 e. The third-order valence-electron chi connectivity index (χ3n) is 5.57. The first-order valence-electron chi connectivity index (χ1n) is 10.8. The fourth-order valence-corrected chi connectivity index (χ4v) is 6.47. The van der Waals surface area contributed by atoms with Crippen LogP contribution in [0.3, 0.4) is 0 Å². The van der Waals surface area contributed by atoms with Crippen LogP contribution in [0.1, 0.15) is 30.6 Å². The number of nitrogens with zero attached hydrogens (tertiary/aromatic N) is 2.